The lowest BCUT2D eigenvalue weighted by Gasteiger charge is -1.93. The van der Waals surface area contributed by atoms with Crippen molar-refractivity contribution < 1.29 is 0 Å². The van der Waals surface area contributed by atoms with Crippen molar-refractivity contribution in [3.63, 3.8) is 0 Å². The molecule has 1 aliphatic carbocycles. The van der Waals surface area contributed by atoms with Gasteiger partial charge in [0.15, 0.2) is 0 Å². The average molecular weight is 163 g/mol. The van der Waals surface area contributed by atoms with E-state index in [-0.39, 0.29) is 0 Å². The first kappa shape index (κ1) is 6.80. The van der Waals surface area contributed by atoms with Crippen molar-refractivity contribution in [2.24, 2.45) is 5.73 Å². The van der Waals surface area contributed by atoms with Gasteiger partial charge in [-0.25, -0.2) is 0 Å². The molecule has 0 bridgehead atoms. The minimum Gasteiger partial charge on any atom is -0.399 e. The Morgan fingerprint density at radius 3 is 3.09 bits per heavy atom. The van der Waals surface area contributed by atoms with Crippen LogP contribution in [0.2, 0.25) is 0 Å². The first-order chi connectivity index (χ1) is 5.36. The van der Waals surface area contributed by atoms with Crippen molar-refractivity contribution in [3.8, 4) is 0 Å². The van der Waals surface area contributed by atoms with Crippen molar-refractivity contribution in [3.05, 3.63) is 46.6 Å². The lowest BCUT2D eigenvalue weighted by Crippen LogP contribution is -1.89. The second kappa shape index (κ2) is 2.62. The van der Waals surface area contributed by atoms with Gasteiger partial charge >= 0.3 is 0 Å². The molecule has 1 heterocycles. The molecule has 2 rings (SSSR count). The van der Waals surface area contributed by atoms with Crippen molar-refractivity contribution >= 4 is 11.8 Å². The van der Waals surface area contributed by atoms with Gasteiger partial charge in [0.2, 0.25) is 0 Å². The van der Waals surface area contributed by atoms with Crippen LogP contribution in [0.5, 0.6) is 0 Å². The van der Waals surface area contributed by atoms with E-state index in [4.69, 9.17) is 5.73 Å². The van der Waals surface area contributed by atoms with Crippen LogP contribution in [0.4, 0.5) is 0 Å². The zero-order chi connectivity index (χ0) is 7.68. The van der Waals surface area contributed by atoms with Gasteiger partial charge in [0, 0.05) is 16.4 Å². The standard InChI is InChI=1S/C9H9NS/c10-8-2-1-7-5-6-11-9(7)4-3-8/h1-5H,6,10H2. The molecular formula is C9H9NS. The molecule has 2 heteroatoms. The van der Waals surface area contributed by atoms with E-state index in [0.717, 1.165) is 11.4 Å². The molecule has 0 saturated heterocycles. The quantitative estimate of drug-likeness (QED) is 0.590. The summed E-state index contributed by atoms with van der Waals surface area (Å²) in [5.41, 5.74) is 7.77. The van der Waals surface area contributed by atoms with Gasteiger partial charge in [-0.05, 0) is 23.8 Å². The van der Waals surface area contributed by atoms with Gasteiger partial charge < -0.3 is 5.73 Å². The molecule has 0 fully saturated rings. The zero-order valence-electron chi connectivity index (χ0n) is 6.08. The summed E-state index contributed by atoms with van der Waals surface area (Å²) in [7, 11) is 0. The average Bonchev–Trinajstić information content (AvgIpc) is 2.38. The third kappa shape index (κ3) is 1.26. The fourth-order valence-electron chi connectivity index (χ4n) is 1.11. The Labute approximate surface area is 70.4 Å². The maximum atomic E-state index is 5.63. The van der Waals surface area contributed by atoms with E-state index in [1.807, 2.05) is 23.9 Å². The molecule has 0 atom stereocenters. The first-order valence-electron chi connectivity index (χ1n) is 3.55. The SMILES string of the molecule is NC1=CC=C2SCC=C2C=C1. The van der Waals surface area contributed by atoms with E-state index in [2.05, 4.69) is 18.2 Å². The number of fused-ring (bicyclic) bond motifs is 1. The maximum Gasteiger partial charge on any atom is 0.0314 e. The lowest BCUT2D eigenvalue weighted by molar-refractivity contribution is 1.43. The van der Waals surface area contributed by atoms with Crippen LogP contribution in [0.3, 0.4) is 0 Å². The van der Waals surface area contributed by atoms with Crippen molar-refractivity contribution in [2.45, 2.75) is 0 Å². The Hall–Kier alpha value is -0.890. The molecule has 0 saturated carbocycles. The lowest BCUT2D eigenvalue weighted by atomic mass is 10.2. The van der Waals surface area contributed by atoms with Crippen molar-refractivity contribution in [1.29, 1.82) is 0 Å². The van der Waals surface area contributed by atoms with Gasteiger partial charge in [0.25, 0.3) is 0 Å². The van der Waals surface area contributed by atoms with Crippen molar-refractivity contribution in [2.75, 3.05) is 5.75 Å². The second-order valence-electron chi connectivity index (χ2n) is 2.50. The van der Waals surface area contributed by atoms with Crippen LogP contribution in [0, 0.1) is 0 Å². The molecule has 2 N–H and O–H groups in total. The minimum atomic E-state index is 0.827. The highest BCUT2D eigenvalue weighted by molar-refractivity contribution is 8.03. The minimum absolute atomic E-state index is 0.827. The molecule has 56 valence electrons. The number of hydrogen-bond acceptors (Lipinski definition) is 2. The second-order valence-corrected chi connectivity index (χ2v) is 3.56. The predicted molar refractivity (Wildman–Crippen MR) is 50.0 cm³/mol. The van der Waals surface area contributed by atoms with Gasteiger partial charge in [-0.2, -0.15) is 0 Å². The van der Waals surface area contributed by atoms with E-state index in [9.17, 15) is 0 Å². The summed E-state index contributed by atoms with van der Waals surface area (Å²) in [5, 5.41) is 0. The molecule has 11 heavy (non-hydrogen) atoms. The summed E-state index contributed by atoms with van der Waals surface area (Å²) in [6.07, 6.45) is 10.3. The molecule has 0 spiro atoms. The third-order valence-electron chi connectivity index (χ3n) is 1.71. The maximum absolute atomic E-state index is 5.63. The third-order valence-corrected chi connectivity index (χ3v) is 2.73. The first-order valence-corrected chi connectivity index (χ1v) is 4.54. The highest BCUT2D eigenvalue weighted by atomic mass is 32.2. The number of hydrogen-bond donors (Lipinski definition) is 1. The molecular weight excluding hydrogens is 154 g/mol. The Balaban J connectivity index is 2.41. The van der Waals surface area contributed by atoms with E-state index >= 15 is 0 Å². The smallest absolute Gasteiger partial charge is 0.0314 e. The van der Waals surface area contributed by atoms with Crippen LogP contribution in [0.1, 0.15) is 0 Å². The predicted octanol–water partition coefficient (Wildman–Crippen LogP) is 1.96. The molecule has 0 aromatic carbocycles. The van der Waals surface area contributed by atoms with Gasteiger partial charge in [-0.1, -0.05) is 12.2 Å². The number of nitrogens with two attached hydrogens (primary N) is 1. The topological polar surface area (TPSA) is 26.0 Å². The van der Waals surface area contributed by atoms with Crippen LogP contribution in [-0.4, -0.2) is 5.75 Å². The molecule has 2 aliphatic rings. The number of thioether (sulfide) groups is 1. The summed E-state index contributed by atoms with van der Waals surface area (Å²) in [4.78, 5) is 1.33. The van der Waals surface area contributed by atoms with E-state index in [0.29, 0.717) is 0 Å². The highest BCUT2D eigenvalue weighted by Gasteiger charge is 2.09. The Morgan fingerprint density at radius 2 is 2.18 bits per heavy atom. The van der Waals surface area contributed by atoms with Gasteiger partial charge in [0.1, 0.15) is 0 Å². The van der Waals surface area contributed by atoms with E-state index in [1.165, 1.54) is 10.5 Å². The van der Waals surface area contributed by atoms with Crippen LogP contribution < -0.4 is 5.73 Å². The summed E-state index contributed by atoms with van der Waals surface area (Å²) in [6.45, 7) is 0. The normalized spacial score (nSPS) is 21.6. The summed E-state index contributed by atoms with van der Waals surface area (Å²) in [5.74, 6) is 1.10. The fourth-order valence-corrected chi connectivity index (χ4v) is 2.04. The zero-order valence-corrected chi connectivity index (χ0v) is 6.90. The van der Waals surface area contributed by atoms with Crippen LogP contribution in [0.25, 0.3) is 0 Å². The molecule has 0 radical (unpaired) electrons. The van der Waals surface area contributed by atoms with Crippen LogP contribution in [-0.2, 0) is 0 Å². The number of allylic oxidation sites excluding steroid dienone is 5. The molecule has 0 aromatic heterocycles. The van der Waals surface area contributed by atoms with E-state index < -0.39 is 0 Å². The van der Waals surface area contributed by atoms with Crippen LogP contribution >= 0.6 is 11.8 Å². The fraction of sp³-hybridized carbons (Fsp3) is 0.111. The summed E-state index contributed by atoms with van der Waals surface area (Å²) >= 11 is 1.86. The van der Waals surface area contributed by atoms with E-state index in [1.54, 1.807) is 0 Å². The van der Waals surface area contributed by atoms with Crippen LogP contribution in [0.15, 0.2) is 46.6 Å². The Bertz CT molecular complexity index is 295. The van der Waals surface area contributed by atoms with Crippen molar-refractivity contribution in [1.82, 2.24) is 0 Å². The highest BCUT2D eigenvalue weighted by Crippen LogP contribution is 2.33. The molecule has 0 aromatic rings. The largest absolute Gasteiger partial charge is 0.399 e. The summed E-state index contributed by atoms with van der Waals surface area (Å²) in [6, 6.07) is 0. The van der Waals surface area contributed by atoms with Gasteiger partial charge in [-0.3, -0.25) is 0 Å². The molecule has 0 amide bonds. The number of rotatable bonds is 0. The molecule has 1 aliphatic heterocycles. The van der Waals surface area contributed by atoms with Gasteiger partial charge in [0.05, 0.1) is 0 Å². The summed E-state index contributed by atoms with van der Waals surface area (Å²) < 4.78 is 0. The molecule has 1 nitrogen and oxygen atoms in total. The van der Waals surface area contributed by atoms with Gasteiger partial charge in [-0.15, -0.1) is 11.8 Å². The monoisotopic (exact) mass is 163 g/mol. The Morgan fingerprint density at radius 1 is 1.27 bits per heavy atom. The molecule has 0 unspecified atom stereocenters. The Kier molecular flexibility index (Phi) is 1.62.